The molecule has 0 aromatic carbocycles. The van der Waals surface area contributed by atoms with E-state index in [1.807, 2.05) is 40.0 Å². The lowest BCUT2D eigenvalue weighted by atomic mass is 9.85. The van der Waals surface area contributed by atoms with Gasteiger partial charge in [0.15, 0.2) is 0 Å². The molecule has 1 aliphatic rings. The van der Waals surface area contributed by atoms with Crippen molar-refractivity contribution in [2.45, 2.75) is 80.1 Å². The van der Waals surface area contributed by atoms with Gasteiger partial charge in [0, 0.05) is 31.8 Å². The van der Waals surface area contributed by atoms with E-state index in [-0.39, 0.29) is 6.61 Å². The second-order valence-corrected chi connectivity index (χ2v) is 7.65. The van der Waals surface area contributed by atoms with E-state index in [9.17, 15) is 14.4 Å². The summed E-state index contributed by atoms with van der Waals surface area (Å²) in [4.78, 5) is 41.7. The molecule has 0 saturated carbocycles. The summed E-state index contributed by atoms with van der Waals surface area (Å²) in [6.07, 6.45) is 7.88. The number of hydrogen-bond acceptors (Lipinski definition) is 5. The number of hydrazine groups is 1. The Bertz CT molecular complexity index is 612. The molecule has 1 saturated heterocycles. The third kappa shape index (κ3) is 8.67. The van der Waals surface area contributed by atoms with Crippen LogP contribution in [0.5, 0.6) is 0 Å². The number of hydrogen-bond donors (Lipinski definition) is 0. The number of rotatable bonds is 9. The summed E-state index contributed by atoms with van der Waals surface area (Å²) in [6.45, 7) is 12.4. The first kappa shape index (κ1) is 27.8. The highest BCUT2D eigenvalue weighted by Gasteiger charge is 2.39. The van der Waals surface area contributed by atoms with E-state index in [0.717, 1.165) is 37.7 Å². The molecule has 1 rings (SSSR count). The minimum absolute atomic E-state index is 0.284. The van der Waals surface area contributed by atoms with Gasteiger partial charge in [-0.1, -0.05) is 40.7 Å². The molecule has 0 atom stereocenters. The van der Waals surface area contributed by atoms with Gasteiger partial charge in [-0.05, 0) is 51.0 Å². The van der Waals surface area contributed by atoms with Crippen LogP contribution < -0.4 is 0 Å². The topological polar surface area (TPSA) is 79.3 Å². The van der Waals surface area contributed by atoms with E-state index < -0.39 is 23.2 Å². The molecule has 0 aliphatic carbocycles. The van der Waals surface area contributed by atoms with Crippen LogP contribution in [0.2, 0.25) is 0 Å². The van der Waals surface area contributed by atoms with Crippen molar-refractivity contribution in [2.24, 2.45) is 10.4 Å². The van der Waals surface area contributed by atoms with Crippen molar-refractivity contribution in [3.05, 3.63) is 11.6 Å². The lowest BCUT2D eigenvalue weighted by Crippen LogP contribution is -2.56. The molecule has 0 aromatic heterocycles. The van der Waals surface area contributed by atoms with Crippen LogP contribution in [-0.2, 0) is 14.3 Å². The Morgan fingerprint density at radius 3 is 2.20 bits per heavy atom. The maximum absolute atomic E-state index is 12.7. The highest BCUT2D eigenvalue weighted by Crippen LogP contribution is 2.24. The monoisotopic (exact) mass is 423 g/mol. The van der Waals surface area contributed by atoms with E-state index in [4.69, 9.17) is 4.74 Å². The van der Waals surface area contributed by atoms with E-state index in [2.05, 4.69) is 4.99 Å². The Kier molecular flexibility index (Phi) is 13.7. The van der Waals surface area contributed by atoms with Crippen LogP contribution in [0.4, 0.5) is 4.79 Å². The molecule has 0 spiro atoms. The highest BCUT2D eigenvalue weighted by atomic mass is 16.6. The summed E-state index contributed by atoms with van der Waals surface area (Å²) in [6, 6.07) is 0. The number of ketones is 1. The van der Waals surface area contributed by atoms with Crippen molar-refractivity contribution in [2.75, 3.05) is 26.7 Å². The Morgan fingerprint density at radius 2 is 1.67 bits per heavy atom. The largest absolute Gasteiger partial charge is 0.448 e. The van der Waals surface area contributed by atoms with Gasteiger partial charge in [-0.15, -0.1) is 0 Å². The van der Waals surface area contributed by atoms with Crippen LogP contribution in [0.15, 0.2) is 16.6 Å². The zero-order chi connectivity index (χ0) is 23.2. The normalized spacial score (nSPS) is 15.0. The van der Waals surface area contributed by atoms with Crippen LogP contribution in [-0.4, -0.2) is 60.8 Å². The summed E-state index contributed by atoms with van der Waals surface area (Å²) in [5, 5.41) is 2.55. The minimum Gasteiger partial charge on any atom is -0.448 e. The summed E-state index contributed by atoms with van der Waals surface area (Å²) in [7, 11) is 1.74. The van der Waals surface area contributed by atoms with Gasteiger partial charge in [-0.25, -0.2) is 14.8 Å². The van der Waals surface area contributed by atoms with Crippen LogP contribution in [0, 0.1) is 5.41 Å². The predicted molar refractivity (Wildman–Crippen MR) is 121 cm³/mol. The third-order valence-electron chi connectivity index (χ3n) is 5.17. The first-order chi connectivity index (χ1) is 14.3. The molecule has 1 heterocycles. The molecule has 30 heavy (non-hydrogen) atoms. The second-order valence-electron chi connectivity index (χ2n) is 7.65. The number of allylic oxidation sites excluding steroid dienone is 2. The van der Waals surface area contributed by atoms with Gasteiger partial charge in [0.05, 0.1) is 6.61 Å². The van der Waals surface area contributed by atoms with Crippen LogP contribution in [0.3, 0.4) is 0 Å². The fraction of sp³-hybridized carbons (Fsp3) is 0.739. The lowest BCUT2D eigenvalue weighted by Gasteiger charge is -2.38. The van der Waals surface area contributed by atoms with E-state index in [0.29, 0.717) is 19.5 Å². The van der Waals surface area contributed by atoms with Gasteiger partial charge in [0.1, 0.15) is 0 Å². The summed E-state index contributed by atoms with van der Waals surface area (Å²) >= 11 is 0. The number of aliphatic imine (C=N–C) groups is 1. The molecule has 1 aliphatic heterocycles. The molecule has 0 unspecified atom stereocenters. The zero-order valence-electron chi connectivity index (χ0n) is 20.0. The van der Waals surface area contributed by atoms with Gasteiger partial charge in [-0.3, -0.25) is 14.6 Å². The second kappa shape index (κ2) is 14.7. The third-order valence-corrected chi connectivity index (χ3v) is 5.17. The van der Waals surface area contributed by atoms with E-state index in [1.165, 1.54) is 10.0 Å². The van der Waals surface area contributed by atoms with E-state index in [1.54, 1.807) is 20.9 Å². The predicted octanol–water partition coefficient (Wildman–Crippen LogP) is 4.81. The SMILES string of the molecule is C/C=C(\C=NC)CCCCOC(=O)N1CCCCN1C(=O)C(=O)C(C)(C)CC.CC. The van der Waals surface area contributed by atoms with Crippen LogP contribution >= 0.6 is 0 Å². The van der Waals surface area contributed by atoms with Crippen molar-refractivity contribution in [3.8, 4) is 0 Å². The Balaban J connectivity index is 0.00000407. The summed E-state index contributed by atoms with van der Waals surface area (Å²) in [5.41, 5.74) is 0.412. The maximum Gasteiger partial charge on any atom is 0.428 e. The van der Waals surface area contributed by atoms with Gasteiger partial charge in [0.25, 0.3) is 0 Å². The zero-order valence-corrected chi connectivity index (χ0v) is 20.0. The first-order valence-corrected chi connectivity index (χ1v) is 11.2. The fourth-order valence-electron chi connectivity index (χ4n) is 2.85. The van der Waals surface area contributed by atoms with Crippen LogP contribution in [0.25, 0.3) is 0 Å². The van der Waals surface area contributed by atoms with Crippen molar-refractivity contribution in [3.63, 3.8) is 0 Å². The lowest BCUT2D eigenvalue weighted by molar-refractivity contribution is -0.161. The molecular weight excluding hydrogens is 382 g/mol. The molecular formula is C23H41N3O4. The number of carbonyl (C=O) groups excluding carboxylic acids is 3. The average molecular weight is 424 g/mol. The Hall–Kier alpha value is -2.18. The number of ether oxygens (including phenoxy) is 1. The minimum atomic E-state index is -0.740. The number of carbonyl (C=O) groups is 3. The maximum atomic E-state index is 12.7. The molecule has 1 fully saturated rings. The first-order valence-electron chi connectivity index (χ1n) is 11.2. The standard InChI is InChI=1S/C21H35N3O4.C2H6/c1-6-17(16-22-5)12-8-11-15-28-20(27)24-14-10-9-13-23(24)19(26)18(25)21(3,4)7-2;1-2/h6,16H,7-15H2,1-5H3;1-2H3/b17-6-,22-16?;. The van der Waals surface area contributed by atoms with Crippen molar-refractivity contribution in [1.29, 1.82) is 0 Å². The molecule has 0 N–H and O–H groups in total. The van der Waals surface area contributed by atoms with Gasteiger partial charge < -0.3 is 4.74 Å². The van der Waals surface area contributed by atoms with E-state index >= 15 is 0 Å². The Labute approximate surface area is 182 Å². The molecule has 0 radical (unpaired) electrons. The van der Waals surface area contributed by atoms with Gasteiger partial charge >= 0.3 is 12.0 Å². The number of Topliss-reactive ketones (excluding diaryl/α,β-unsaturated/α-hetero) is 1. The molecule has 7 nitrogen and oxygen atoms in total. The average Bonchev–Trinajstić information content (AvgIpc) is 2.78. The number of nitrogens with zero attached hydrogens (tertiary/aromatic N) is 3. The van der Waals surface area contributed by atoms with Crippen molar-refractivity contribution < 1.29 is 19.1 Å². The smallest absolute Gasteiger partial charge is 0.428 e. The summed E-state index contributed by atoms with van der Waals surface area (Å²) < 4.78 is 5.36. The molecule has 7 heteroatoms. The van der Waals surface area contributed by atoms with Crippen LogP contribution in [0.1, 0.15) is 80.1 Å². The summed E-state index contributed by atoms with van der Waals surface area (Å²) in [5.74, 6) is -1.09. The highest BCUT2D eigenvalue weighted by molar-refractivity contribution is 6.37. The molecule has 0 aromatic rings. The Morgan fingerprint density at radius 1 is 1.07 bits per heavy atom. The van der Waals surface area contributed by atoms with Gasteiger partial charge in [-0.2, -0.15) is 0 Å². The number of amides is 2. The molecule has 0 bridgehead atoms. The molecule has 172 valence electrons. The van der Waals surface area contributed by atoms with Gasteiger partial charge in [0.2, 0.25) is 5.78 Å². The molecule has 2 amide bonds. The van der Waals surface area contributed by atoms with Crippen molar-refractivity contribution >= 4 is 24.0 Å². The van der Waals surface area contributed by atoms with Crippen molar-refractivity contribution in [1.82, 2.24) is 10.0 Å². The quantitative estimate of drug-likeness (QED) is 0.303. The number of unbranched alkanes of at least 4 members (excludes halogenated alkanes) is 1. The fourth-order valence-corrected chi connectivity index (χ4v) is 2.85.